The average Bonchev–Trinajstić information content (AvgIpc) is 2.54. The van der Waals surface area contributed by atoms with Crippen molar-refractivity contribution in [2.24, 2.45) is 0 Å². The second-order valence-electron chi connectivity index (χ2n) is 5.12. The third-order valence-electron chi connectivity index (χ3n) is 3.73. The third-order valence-corrected chi connectivity index (χ3v) is 3.73. The summed E-state index contributed by atoms with van der Waals surface area (Å²) in [6, 6.07) is 3.72. The van der Waals surface area contributed by atoms with E-state index in [9.17, 15) is 23.7 Å². The monoisotopic (exact) mass is 338 g/mol. The van der Waals surface area contributed by atoms with Gasteiger partial charge in [-0.05, 0) is 6.07 Å². The summed E-state index contributed by atoms with van der Waals surface area (Å²) >= 11 is 0. The van der Waals surface area contributed by atoms with E-state index in [2.05, 4.69) is 14.7 Å². The van der Waals surface area contributed by atoms with Crippen molar-refractivity contribution in [1.82, 2.24) is 9.97 Å². The molecule has 1 aliphatic rings. The van der Waals surface area contributed by atoms with Crippen LogP contribution in [0.25, 0.3) is 0 Å². The molecule has 2 heterocycles. The summed E-state index contributed by atoms with van der Waals surface area (Å²) in [6.07, 6.45) is 1.83. The second-order valence-corrected chi connectivity index (χ2v) is 5.12. The van der Waals surface area contributed by atoms with Gasteiger partial charge in [-0.25, -0.2) is 4.98 Å². The number of nitro benzene ring substituents is 1. The molecule has 0 fully saturated rings. The van der Waals surface area contributed by atoms with E-state index >= 15 is 0 Å². The summed E-state index contributed by atoms with van der Waals surface area (Å²) in [4.78, 5) is 30.3. The highest BCUT2D eigenvalue weighted by molar-refractivity contribution is 5.60. The second kappa shape index (κ2) is 6.22. The summed E-state index contributed by atoms with van der Waals surface area (Å²) in [5.74, 6) is -0.515. The average molecular weight is 338 g/mol. The molecule has 1 aliphatic heterocycles. The molecular weight excluding hydrogens is 326 g/mol. The number of H-pyrrole nitrogens is 1. The van der Waals surface area contributed by atoms with Crippen LogP contribution >= 0.6 is 0 Å². The molecule has 0 atom stereocenters. The number of benzene rings is 1. The van der Waals surface area contributed by atoms with Gasteiger partial charge in [0.15, 0.2) is 0 Å². The van der Waals surface area contributed by atoms with Crippen LogP contribution in [-0.2, 0) is 13.0 Å². The molecule has 126 valence electrons. The Kier molecular flexibility index (Phi) is 4.11. The largest absolute Gasteiger partial charge is 0.427 e. The zero-order valence-corrected chi connectivity index (χ0v) is 12.2. The first kappa shape index (κ1) is 15.8. The van der Waals surface area contributed by atoms with Crippen molar-refractivity contribution in [3.05, 3.63) is 56.3 Å². The Labute approximate surface area is 133 Å². The number of rotatable bonds is 4. The standard InChI is InChI=1S/C14H12F2N4O4/c15-14(16)24-12-5-8(1-2-11(12)20(22)23)19-4-3-10-9(6-19)13(21)18-7-17-10/h1-2,5,7,14H,3-4,6H2,(H,17,18,21). The Morgan fingerprint density at radius 1 is 1.42 bits per heavy atom. The topological polar surface area (TPSA) is 101 Å². The normalized spacial score (nSPS) is 13.7. The van der Waals surface area contributed by atoms with Crippen LogP contribution < -0.4 is 15.2 Å². The highest BCUT2D eigenvalue weighted by Crippen LogP contribution is 2.34. The van der Waals surface area contributed by atoms with Gasteiger partial charge in [-0.1, -0.05) is 0 Å². The molecule has 10 heteroatoms. The Morgan fingerprint density at radius 2 is 2.21 bits per heavy atom. The number of alkyl halides is 2. The molecule has 0 spiro atoms. The summed E-state index contributed by atoms with van der Waals surface area (Å²) in [5, 5.41) is 10.9. The first-order valence-corrected chi connectivity index (χ1v) is 6.99. The van der Waals surface area contributed by atoms with Crippen molar-refractivity contribution in [1.29, 1.82) is 0 Å². The van der Waals surface area contributed by atoms with Gasteiger partial charge in [0.2, 0.25) is 5.75 Å². The number of nitrogens with zero attached hydrogens (tertiary/aromatic N) is 3. The van der Waals surface area contributed by atoms with E-state index in [0.29, 0.717) is 29.9 Å². The molecule has 3 rings (SSSR count). The lowest BCUT2D eigenvalue weighted by Gasteiger charge is -2.29. The quantitative estimate of drug-likeness (QED) is 0.674. The van der Waals surface area contributed by atoms with Crippen molar-refractivity contribution >= 4 is 11.4 Å². The zero-order chi connectivity index (χ0) is 17.3. The number of hydrogen-bond donors (Lipinski definition) is 1. The molecule has 0 bridgehead atoms. The van der Waals surface area contributed by atoms with E-state index in [1.165, 1.54) is 18.5 Å². The molecule has 0 saturated carbocycles. The van der Waals surface area contributed by atoms with E-state index in [0.717, 1.165) is 6.07 Å². The minimum absolute atomic E-state index is 0.227. The maximum Gasteiger partial charge on any atom is 0.387 e. The Morgan fingerprint density at radius 3 is 2.92 bits per heavy atom. The summed E-state index contributed by atoms with van der Waals surface area (Å²) in [5.41, 5.74) is 0.802. The summed E-state index contributed by atoms with van der Waals surface area (Å²) in [6.45, 7) is -2.45. The van der Waals surface area contributed by atoms with Crippen LogP contribution in [0.2, 0.25) is 0 Å². The molecule has 1 N–H and O–H groups in total. The fourth-order valence-electron chi connectivity index (χ4n) is 2.62. The fourth-order valence-corrected chi connectivity index (χ4v) is 2.62. The highest BCUT2D eigenvalue weighted by Gasteiger charge is 2.24. The number of fused-ring (bicyclic) bond motifs is 1. The molecule has 0 unspecified atom stereocenters. The summed E-state index contributed by atoms with van der Waals surface area (Å²) in [7, 11) is 0. The number of halogens is 2. The number of aromatic amines is 1. The minimum atomic E-state index is -3.17. The molecule has 8 nitrogen and oxygen atoms in total. The predicted octanol–water partition coefficient (Wildman–Crippen LogP) is 1.84. The van der Waals surface area contributed by atoms with E-state index in [1.807, 2.05) is 0 Å². The van der Waals surface area contributed by atoms with Crippen LogP contribution in [0.5, 0.6) is 5.75 Å². The number of anilines is 1. The molecule has 1 aromatic heterocycles. The molecule has 0 radical (unpaired) electrons. The number of ether oxygens (including phenoxy) is 1. The lowest BCUT2D eigenvalue weighted by Crippen LogP contribution is -2.35. The zero-order valence-electron chi connectivity index (χ0n) is 12.2. The van der Waals surface area contributed by atoms with Gasteiger partial charge in [-0.15, -0.1) is 0 Å². The Balaban J connectivity index is 1.94. The van der Waals surface area contributed by atoms with Gasteiger partial charge in [-0.2, -0.15) is 8.78 Å². The maximum atomic E-state index is 12.5. The van der Waals surface area contributed by atoms with Gasteiger partial charge in [0.25, 0.3) is 5.56 Å². The van der Waals surface area contributed by atoms with Crippen molar-refractivity contribution in [3.8, 4) is 5.75 Å². The van der Waals surface area contributed by atoms with Gasteiger partial charge < -0.3 is 14.6 Å². The number of nitro groups is 1. The van der Waals surface area contributed by atoms with E-state index < -0.39 is 23.0 Å². The smallest absolute Gasteiger partial charge is 0.387 e. The number of aromatic nitrogens is 2. The van der Waals surface area contributed by atoms with Crippen LogP contribution in [0, 0.1) is 10.1 Å². The third kappa shape index (κ3) is 3.03. The predicted molar refractivity (Wildman–Crippen MR) is 79.3 cm³/mol. The van der Waals surface area contributed by atoms with Gasteiger partial charge in [0, 0.05) is 30.8 Å². The van der Waals surface area contributed by atoms with Gasteiger partial charge in [0.05, 0.1) is 29.1 Å². The van der Waals surface area contributed by atoms with E-state index in [1.54, 1.807) is 4.90 Å². The van der Waals surface area contributed by atoms with Crippen LogP contribution in [0.15, 0.2) is 29.3 Å². The Hall–Kier alpha value is -3.04. The SMILES string of the molecule is O=c1[nH]cnc2c1CN(c1ccc([N+](=O)[O-])c(OC(F)F)c1)CC2. The van der Waals surface area contributed by atoms with Crippen molar-refractivity contribution < 1.29 is 18.4 Å². The highest BCUT2D eigenvalue weighted by atomic mass is 19.3. The van der Waals surface area contributed by atoms with Gasteiger partial charge >= 0.3 is 12.3 Å². The van der Waals surface area contributed by atoms with Crippen LogP contribution in [0.4, 0.5) is 20.2 Å². The van der Waals surface area contributed by atoms with Gasteiger partial charge in [-0.3, -0.25) is 14.9 Å². The lowest BCUT2D eigenvalue weighted by atomic mass is 10.1. The van der Waals surface area contributed by atoms with Crippen molar-refractivity contribution in [2.75, 3.05) is 11.4 Å². The molecular formula is C14H12F2N4O4. The first-order valence-electron chi connectivity index (χ1n) is 6.99. The minimum Gasteiger partial charge on any atom is -0.427 e. The Bertz CT molecular complexity index is 840. The van der Waals surface area contributed by atoms with Crippen LogP contribution in [-0.4, -0.2) is 28.0 Å². The molecule has 2 aromatic rings. The number of nitrogens with one attached hydrogen (secondary N) is 1. The number of hydrogen-bond acceptors (Lipinski definition) is 6. The summed E-state index contributed by atoms with van der Waals surface area (Å²) < 4.78 is 29.2. The molecule has 0 aliphatic carbocycles. The van der Waals surface area contributed by atoms with Crippen LogP contribution in [0.3, 0.4) is 0 Å². The van der Waals surface area contributed by atoms with E-state index in [-0.39, 0.29) is 12.1 Å². The molecule has 0 saturated heterocycles. The van der Waals surface area contributed by atoms with Gasteiger partial charge in [0.1, 0.15) is 0 Å². The lowest BCUT2D eigenvalue weighted by molar-refractivity contribution is -0.386. The maximum absolute atomic E-state index is 12.5. The van der Waals surface area contributed by atoms with E-state index in [4.69, 9.17) is 0 Å². The van der Waals surface area contributed by atoms with Crippen LogP contribution in [0.1, 0.15) is 11.3 Å². The molecule has 0 amide bonds. The van der Waals surface area contributed by atoms with Crippen molar-refractivity contribution in [2.45, 2.75) is 19.6 Å². The van der Waals surface area contributed by atoms with Crippen molar-refractivity contribution in [3.63, 3.8) is 0 Å². The first-order chi connectivity index (χ1) is 11.5. The fraction of sp³-hybridized carbons (Fsp3) is 0.286. The molecule has 24 heavy (non-hydrogen) atoms. The molecule has 1 aromatic carbocycles.